The summed E-state index contributed by atoms with van der Waals surface area (Å²) in [6, 6.07) is 0. The Kier molecular flexibility index (Phi) is 5.54. The molecule has 5 nitrogen and oxygen atoms in total. The van der Waals surface area contributed by atoms with Gasteiger partial charge in [0.05, 0.1) is 0 Å². The van der Waals surface area contributed by atoms with Gasteiger partial charge in [-0.15, -0.1) is 0 Å². The molecule has 0 aromatic carbocycles. The molecule has 0 aliphatic rings. The van der Waals surface area contributed by atoms with Crippen LogP contribution >= 0.6 is 0 Å². The Morgan fingerprint density at radius 3 is 2.62 bits per heavy atom. The van der Waals surface area contributed by atoms with Gasteiger partial charge < -0.3 is 16.2 Å². The minimum absolute atomic E-state index is 0.264. The summed E-state index contributed by atoms with van der Waals surface area (Å²) in [6.45, 7) is 2.63. The van der Waals surface area contributed by atoms with Crippen molar-refractivity contribution >= 4 is 11.9 Å². The predicted octanol–water partition coefficient (Wildman–Crippen LogP) is -0.518. The lowest BCUT2D eigenvalue weighted by Crippen LogP contribution is -2.23. The van der Waals surface area contributed by atoms with Gasteiger partial charge in [0, 0.05) is 25.6 Å². The molecule has 0 aliphatic heterocycles. The number of carboxylic acids is 1. The Morgan fingerprint density at radius 1 is 1.54 bits per heavy atom. The van der Waals surface area contributed by atoms with E-state index in [1.165, 1.54) is 0 Å². The topological polar surface area (TPSA) is 92.4 Å². The van der Waals surface area contributed by atoms with Crippen LogP contribution < -0.4 is 11.1 Å². The van der Waals surface area contributed by atoms with E-state index in [9.17, 15) is 9.59 Å². The quantitative estimate of drug-likeness (QED) is 0.384. The van der Waals surface area contributed by atoms with Gasteiger partial charge in [-0.1, -0.05) is 5.57 Å². The lowest BCUT2D eigenvalue weighted by Gasteiger charge is -2.01. The Labute approximate surface area is 76.6 Å². The number of hydrogen-bond acceptors (Lipinski definition) is 3. The van der Waals surface area contributed by atoms with Crippen molar-refractivity contribution in [1.29, 1.82) is 0 Å². The third kappa shape index (κ3) is 8.55. The summed E-state index contributed by atoms with van der Waals surface area (Å²) in [7, 11) is 0. The van der Waals surface area contributed by atoms with E-state index >= 15 is 0 Å². The Balaban J connectivity index is 3.53. The Bertz CT molecular complexity index is 223. The zero-order chi connectivity index (χ0) is 10.3. The monoisotopic (exact) mass is 186 g/mol. The second-order valence-corrected chi connectivity index (χ2v) is 2.72. The van der Waals surface area contributed by atoms with Crippen molar-refractivity contribution in [3.8, 4) is 0 Å². The highest BCUT2D eigenvalue weighted by atomic mass is 16.4. The number of rotatable bonds is 6. The molecule has 0 radical (unpaired) electrons. The lowest BCUT2D eigenvalue weighted by molar-refractivity contribution is -0.131. The van der Waals surface area contributed by atoms with Gasteiger partial charge in [-0.05, 0) is 6.92 Å². The van der Waals surface area contributed by atoms with Crippen molar-refractivity contribution in [3.63, 3.8) is 0 Å². The predicted molar refractivity (Wildman–Crippen MR) is 48.1 cm³/mol. The first-order valence-electron chi connectivity index (χ1n) is 3.91. The van der Waals surface area contributed by atoms with Gasteiger partial charge in [-0.3, -0.25) is 4.79 Å². The average Bonchev–Trinajstić information content (AvgIpc) is 1.96. The highest BCUT2D eigenvalue weighted by molar-refractivity contribution is 5.80. The third-order valence-electron chi connectivity index (χ3n) is 1.32. The number of nitrogens with two attached hydrogens (primary N) is 1. The minimum Gasteiger partial charge on any atom is -0.478 e. The molecular formula is C8H14N2O3. The molecule has 74 valence electrons. The molecule has 0 unspecified atom stereocenters. The third-order valence-corrected chi connectivity index (χ3v) is 1.32. The van der Waals surface area contributed by atoms with Gasteiger partial charge in [0.1, 0.15) is 0 Å². The second-order valence-electron chi connectivity index (χ2n) is 2.72. The molecule has 5 heteroatoms. The van der Waals surface area contributed by atoms with E-state index in [1.54, 1.807) is 6.92 Å². The number of aliphatic carboxylic acids is 1. The largest absolute Gasteiger partial charge is 0.478 e. The van der Waals surface area contributed by atoms with Crippen molar-refractivity contribution in [2.75, 3.05) is 13.1 Å². The first-order chi connectivity index (χ1) is 6.02. The van der Waals surface area contributed by atoms with Gasteiger partial charge in [0.25, 0.3) is 0 Å². The fraction of sp³-hybridized carbons (Fsp3) is 0.500. The van der Waals surface area contributed by atoms with Crippen LogP contribution in [0.5, 0.6) is 0 Å². The second kappa shape index (κ2) is 6.19. The van der Waals surface area contributed by atoms with Crippen LogP contribution in [0.2, 0.25) is 0 Å². The summed E-state index contributed by atoms with van der Waals surface area (Å²) in [5.74, 6) is -1.33. The number of carboxylic acid groups (broad SMARTS) is 1. The molecule has 4 N–H and O–H groups in total. The molecule has 0 saturated heterocycles. The number of nitrogens with one attached hydrogen (secondary N) is 1. The number of amides is 1. The molecule has 1 amide bonds. The standard InChI is InChI=1S/C8H14N2O3/c1-6(4-8(12)13)5-10-3-2-7(9)11/h4,10H,2-3,5H2,1H3,(H2,9,11)(H,12,13). The van der Waals surface area contributed by atoms with E-state index in [0.29, 0.717) is 18.7 Å². The number of carbonyl (C=O) groups is 2. The molecule has 0 spiro atoms. The van der Waals surface area contributed by atoms with Crippen LogP contribution in [-0.2, 0) is 9.59 Å². The maximum Gasteiger partial charge on any atom is 0.328 e. The molecule has 0 rings (SSSR count). The van der Waals surface area contributed by atoms with Crippen LogP contribution in [0.1, 0.15) is 13.3 Å². The van der Waals surface area contributed by atoms with E-state index in [-0.39, 0.29) is 12.3 Å². The van der Waals surface area contributed by atoms with Crippen LogP contribution in [0.4, 0.5) is 0 Å². The Morgan fingerprint density at radius 2 is 2.15 bits per heavy atom. The van der Waals surface area contributed by atoms with Gasteiger partial charge in [-0.2, -0.15) is 0 Å². The number of hydrogen-bond donors (Lipinski definition) is 3. The van der Waals surface area contributed by atoms with Crippen molar-refractivity contribution in [1.82, 2.24) is 5.32 Å². The molecule has 0 aromatic heterocycles. The molecule has 0 saturated carbocycles. The summed E-state index contributed by atoms with van der Waals surface area (Å²) in [5.41, 5.74) is 5.61. The van der Waals surface area contributed by atoms with Crippen LogP contribution in [-0.4, -0.2) is 30.1 Å². The molecular weight excluding hydrogens is 172 g/mol. The van der Waals surface area contributed by atoms with E-state index in [4.69, 9.17) is 10.8 Å². The van der Waals surface area contributed by atoms with Gasteiger partial charge in [0.2, 0.25) is 5.91 Å². The lowest BCUT2D eigenvalue weighted by atomic mass is 10.3. The zero-order valence-corrected chi connectivity index (χ0v) is 7.54. The maximum absolute atomic E-state index is 10.3. The smallest absolute Gasteiger partial charge is 0.328 e. The fourth-order valence-corrected chi connectivity index (χ4v) is 0.759. The van der Waals surface area contributed by atoms with E-state index in [2.05, 4.69) is 5.32 Å². The SMILES string of the molecule is CC(=CC(=O)O)CNCCC(N)=O. The first kappa shape index (κ1) is 11.6. The van der Waals surface area contributed by atoms with Crippen molar-refractivity contribution in [3.05, 3.63) is 11.6 Å². The molecule has 0 aliphatic carbocycles. The van der Waals surface area contributed by atoms with Gasteiger partial charge in [0.15, 0.2) is 0 Å². The first-order valence-corrected chi connectivity index (χ1v) is 3.91. The normalized spacial score (nSPS) is 11.3. The maximum atomic E-state index is 10.3. The summed E-state index contributed by atoms with van der Waals surface area (Å²) in [4.78, 5) is 20.5. The van der Waals surface area contributed by atoms with Crippen molar-refractivity contribution in [2.24, 2.45) is 5.73 Å². The summed E-state index contributed by atoms with van der Waals surface area (Å²) in [5, 5.41) is 11.2. The molecule has 0 bridgehead atoms. The number of primary amides is 1. The summed E-state index contributed by atoms with van der Waals surface area (Å²) in [6.07, 6.45) is 1.39. The van der Waals surface area contributed by atoms with Gasteiger partial charge in [-0.25, -0.2) is 4.79 Å². The van der Waals surface area contributed by atoms with Crippen LogP contribution in [0, 0.1) is 0 Å². The summed E-state index contributed by atoms with van der Waals surface area (Å²) >= 11 is 0. The van der Waals surface area contributed by atoms with E-state index in [1.807, 2.05) is 0 Å². The van der Waals surface area contributed by atoms with E-state index in [0.717, 1.165) is 6.08 Å². The molecule has 0 heterocycles. The number of carbonyl (C=O) groups excluding carboxylic acids is 1. The highest BCUT2D eigenvalue weighted by Gasteiger charge is 1.95. The highest BCUT2D eigenvalue weighted by Crippen LogP contribution is 1.88. The van der Waals surface area contributed by atoms with Crippen molar-refractivity contribution in [2.45, 2.75) is 13.3 Å². The van der Waals surface area contributed by atoms with Gasteiger partial charge >= 0.3 is 5.97 Å². The Hall–Kier alpha value is -1.36. The molecule has 0 aromatic rings. The molecule has 0 fully saturated rings. The summed E-state index contributed by atoms with van der Waals surface area (Å²) < 4.78 is 0. The minimum atomic E-state index is -0.964. The van der Waals surface area contributed by atoms with E-state index < -0.39 is 5.97 Å². The van der Waals surface area contributed by atoms with Crippen LogP contribution in [0.3, 0.4) is 0 Å². The fourth-order valence-electron chi connectivity index (χ4n) is 0.759. The van der Waals surface area contributed by atoms with Crippen LogP contribution in [0.25, 0.3) is 0 Å². The average molecular weight is 186 g/mol. The van der Waals surface area contributed by atoms with Crippen molar-refractivity contribution < 1.29 is 14.7 Å². The molecule has 0 atom stereocenters. The zero-order valence-electron chi connectivity index (χ0n) is 7.54. The molecule has 13 heavy (non-hydrogen) atoms. The van der Waals surface area contributed by atoms with Crippen LogP contribution in [0.15, 0.2) is 11.6 Å².